The number of benzene rings is 3. The van der Waals surface area contributed by atoms with Gasteiger partial charge < -0.3 is 20.4 Å². The van der Waals surface area contributed by atoms with Crippen LogP contribution in [0, 0.1) is 0 Å². The van der Waals surface area contributed by atoms with Crippen molar-refractivity contribution in [1.82, 2.24) is 0 Å². The zero-order chi connectivity index (χ0) is 21.5. The molecule has 0 amide bonds. The largest absolute Gasteiger partial charge is 0.507 e. The van der Waals surface area contributed by atoms with Crippen molar-refractivity contribution in [2.75, 3.05) is 0 Å². The molecule has 4 N–H and O–H groups in total. The molecule has 152 valence electrons. The lowest BCUT2D eigenvalue weighted by Crippen LogP contribution is -2.11. The fourth-order valence-corrected chi connectivity index (χ4v) is 3.64. The Morgan fingerprint density at radius 3 is 1.45 bits per heavy atom. The first-order chi connectivity index (χ1) is 13.5. The summed E-state index contributed by atoms with van der Waals surface area (Å²) in [5.41, 5.74) is 2.62. The van der Waals surface area contributed by atoms with E-state index in [-0.39, 0.29) is 38.5 Å². The van der Waals surface area contributed by atoms with E-state index in [2.05, 4.69) is 20.8 Å². The molecule has 0 atom stereocenters. The van der Waals surface area contributed by atoms with Crippen molar-refractivity contribution >= 4 is 23.2 Å². The van der Waals surface area contributed by atoms with Gasteiger partial charge in [-0.1, -0.05) is 68.2 Å². The van der Waals surface area contributed by atoms with Crippen LogP contribution in [-0.2, 0) is 5.41 Å². The van der Waals surface area contributed by atoms with Gasteiger partial charge in [-0.2, -0.15) is 0 Å². The van der Waals surface area contributed by atoms with Gasteiger partial charge in [0.15, 0.2) is 0 Å². The van der Waals surface area contributed by atoms with Crippen LogP contribution in [0.2, 0.25) is 10.0 Å². The highest BCUT2D eigenvalue weighted by atomic mass is 35.5. The highest BCUT2D eigenvalue weighted by Crippen LogP contribution is 2.45. The predicted molar refractivity (Wildman–Crippen MR) is 116 cm³/mol. The molecule has 0 aliphatic carbocycles. The Kier molecular flexibility index (Phi) is 5.61. The van der Waals surface area contributed by atoms with E-state index in [9.17, 15) is 20.4 Å². The summed E-state index contributed by atoms with van der Waals surface area (Å²) in [7, 11) is 0. The van der Waals surface area contributed by atoms with Crippen LogP contribution in [0.4, 0.5) is 0 Å². The summed E-state index contributed by atoms with van der Waals surface area (Å²) in [5.74, 6) is -1.49. The summed E-state index contributed by atoms with van der Waals surface area (Å²) in [4.78, 5) is 0. The SMILES string of the molecule is CC(C)(C)c1ccc(C(c2cc(Cl)c(O)cc2O)c2cc(Cl)c(O)cc2O)cc1. The van der Waals surface area contributed by atoms with E-state index >= 15 is 0 Å². The van der Waals surface area contributed by atoms with Gasteiger partial charge in [-0.05, 0) is 28.7 Å². The van der Waals surface area contributed by atoms with Gasteiger partial charge in [-0.25, -0.2) is 0 Å². The minimum Gasteiger partial charge on any atom is -0.507 e. The minimum atomic E-state index is -0.639. The van der Waals surface area contributed by atoms with Crippen molar-refractivity contribution < 1.29 is 20.4 Å². The average molecular weight is 433 g/mol. The van der Waals surface area contributed by atoms with Crippen molar-refractivity contribution in [2.24, 2.45) is 0 Å². The summed E-state index contributed by atoms with van der Waals surface area (Å²) in [6, 6.07) is 13.0. The Hall–Kier alpha value is -2.56. The maximum absolute atomic E-state index is 10.5. The monoisotopic (exact) mass is 432 g/mol. The van der Waals surface area contributed by atoms with Crippen molar-refractivity contribution in [1.29, 1.82) is 0 Å². The van der Waals surface area contributed by atoms with Crippen molar-refractivity contribution in [3.8, 4) is 23.0 Å². The molecule has 4 nitrogen and oxygen atoms in total. The van der Waals surface area contributed by atoms with Crippen molar-refractivity contribution in [3.05, 3.63) is 80.8 Å². The van der Waals surface area contributed by atoms with Crippen LogP contribution in [0.5, 0.6) is 23.0 Å². The highest BCUT2D eigenvalue weighted by molar-refractivity contribution is 6.32. The Labute approximate surface area is 179 Å². The molecule has 0 fully saturated rings. The number of aromatic hydroxyl groups is 4. The molecule has 3 aromatic rings. The van der Waals surface area contributed by atoms with E-state index in [1.807, 2.05) is 24.3 Å². The second-order valence-electron chi connectivity index (χ2n) is 8.03. The fraction of sp³-hybridized carbons (Fsp3) is 0.217. The third-order valence-electron chi connectivity index (χ3n) is 4.92. The quantitative estimate of drug-likeness (QED) is 0.366. The Morgan fingerprint density at radius 2 is 1.07 bits per heavy atom. The smallest absolute Gasteiger partial charge is 0.137 e. The van der Waals surface area contributed by atoms with Gasteiger partial charge in [0, 0.05) is 29.2 Å². The molecule has 0 saturated carbocycles. The highest BCUT2D eigenvalue weighted by Gasteiger charge is 2.26. The summed E-state index contributed by atoms with van der Waals surface area (Å²) < 4.78 is 0. The van der Waals surface area contributed by atoms with Gasteiger partial charge in [-0.3, -0.25) is 0 Å². The molecule has 0 bridgehead atoms. The van der Waals surface area contributed by atoms with Gasteiger partial charge in [0.25, 0.3) is 0 Å². The van der Waals surface area contributed by atoms with Crippen LogP contribution in [-0.4, -0.2) is 20.4 Å². The topological polar surface area (TPSA) is 80.9 Å². The predicted octanol–water partition coefficient (Wildman–Crippen LogP) is 6.29. The number of hydrogen-bond donors (Lipinski definition) is 4. The molecular formula is C23H22Cl2O4. The van der Waals surface area contributed by atoms with Crippen LogP contribution in [0.3, 0.4) is 0 Å². The summed E-state index contributed by atoms with van der Waals surface area (Å²) in [6.45, 7) is 6.32. The lowest BCUT2D eigenvalue weighted by atomic mass is 9.81. The van der Waals surface area contributed by atoms with E-state index in [0.29, 0.717) is 11.1 Å². The Bertz CT molecular complexity index is 996. The number of phenolic OH excluding ortho intramolecular Hbond substituents is 4. The maximum atomic E-state index is 10.5. The molecule has 3 aromatic carbocycles. The Balaban J connectivity index is 2.26. The van der Waals surface area contributed by atoms with Gasteiger partial charge in [-0.15, -0.1) is 0 Å². The Morgan fingerprint density at radius 1 is 0.655 bits per heavy atom. The molecule has 0 aromatic heterocycles. The van der Waals surface area contributed by atoms with Gasteiger partial charge in [0.05, 0.1) is 10.0 Å². The second kappa shape index (κ2) is 7.69. The van der Waals surface area contributed by atoms with Crippen LogP contribution in [0.1, 0.15) is 48.9 Å². The molecule has 29 heavy (non-hydrogen) atoms. The lowest BCUT2D eigenvalue weighted by Gasteiger charge is -2.24. The third-order valence-corrected chi connectivity index (χ3v) is 5.53. The number of halogens is 2. The number of phenols is 4. The van der Waals surface area contributed by atoms with Gasteiger partial charge in [0.1, 0.15) is 23.0 Å². The second-order valence-corrected chi connectivity index (χ2v) is 8.84. The molecule has 3 rings (SSSR count). The van der Waals surface area contributed by atoms with Crippen LogP contribution < -0.4 is 0 Å². The number of rotatable bonds is 3. The minimum absolute atomic E-state index is 0.0397. The first kappa shape index (κ1) is 21.2. The van der Waals surface area contributed by atoms with E-state index in [0.717, 1.165) is 23.3 Å². The van der Waals surface area contributed by atoms with Crippen LogP contribution in [0.15, 0.2) is 48.5 Å². The van der Waals surface area contributed by atoms with Crippen LogP contribution in [0.25, 0.3) is 0 Å². The van der Waals surface area contributed by atoms with E-state index in [4.69, 9.17) is 23.2 Å². The van der Waals surface area contributed by atoms with Crippen molar-refractivity contribution in [3.63, 3.8) is 0 Å². The molecule has 6 heteroatoms. The summed E-state index contributed by atoms with van der Waals surface area (Å²) in [6.07, 6.45) is 0. The molecule has 0 spiro atoms. The molecule has 0 aliphatic rings. The van der Waals surface area contributed by atoms with Gasteiger partial charge in [0.2, 0.25) is 0 Å². The van der Waals surface area contributed by atoms with E-state index < -0.39 is 5.92 Å². The summed E-state index contributed by atoms with van der Waals surface area (Å²) in [5, 5.41) is 40.8. The first-order valence-corrected chi connectivity index (χ1v) is 9.78. The molecular weight excluding hydrogens is 411 g/mol. The van der Waals surface area contributed by atoms with E-state index in [1.54, 1.807) is 0 Å². The maximum Gasteiger partial charge on any atom is 0.137 e. The zero-order valence-corrected chi connectivity index (χ0v) is 17.8. The molecule has 0 unspecified atom stereocenters. The summed E-state index contributed by atoms with van der Waals surface area (Å²) >= 11 is 12.2. The lowest BCUT2D eigenvalue weighted by molar-refractivity contribution is 0.440. The van der Waals surface area contributed by atoms with Crippen molar-refractivity contribution in [2.45, 2.75) is 32.1 Å². The van der Waals surface area contributed by atoms with Crippen LogP contribution >= 0.6 is 23.2 Å². The third kappa shape index (κ3) is 4.24. The number of hydrogen-bond acceptors (Lipinski definition) is 4. The van der Waals surface area contributed by atoms with Gasteiger partial charge >= 0.3 is 0 Å². The van der Waals surface area contributed by atoms with E-state index in [1.165, 1.54) is 12.1 Å². The molecule has 0 radical (unpaired) electrons. The first-order valence-electron chi connectivity index (χ1n) is 9.02. The standard InChI is InChI=1S/C23H22Cl2O4/c1-23(2,3)13-6-4-12(5-7-13)22(14-8-16(24)20(28)10-18(14)26)15-9-17(25)21(29)11-19(15)27/h4-11,22,26-29H,1-3H3. The molecule has 0 heterocycles. The normalized spacial score (nSPS) is 11.8. The molecule has 0 aliphatic heterocycles. The molecule has 0 saturated heterocycles. The fourth-order valence-electron chi connectivity index (χ4n) is 3.30. The zero-order valence-electron chi connectivity index (χ0n) is 16.2. The average Bonchev–Trinajstić information content (AvgIpc) is 2.63.